The van der Waals surface area contributed by atoms with Gasteiger partial charge >= 0.3 is 0 Å². The first-order valence-electron chi connectivity index (χ1n) is 6.86. The molecule has 2 rings (SSSR count). The number of amides is 1. The second kappa shape index (κ2) is 7.69. The summed E-state index contributed by atoms with van der Waals surface area (Å²) in [5.41, 5.74) is 1.07. The quantitative estimate of drug-likeness (QED) is 0.504. The van der Waals surface area contributed by atoms with Gasteiger partial charge in [0.25, 0.3) is 11.6 Å². The molecule has 2 aromatic rings. The number of hydrogen-bond donors (Lipinski definition) is 1. The van der Waals surface area contributed by atoms with Crippen LogP contribution in [-0.2, 0) is 9.63 Å². The average molecular weight is 313 g/mol. The summed E-state index contributed by atoms with van der Waals surface area (Å²) in [6.45, 7) is 1.54. The molecule has 23 heavy (non-hydrogen) atoms. The highest BCUT2D eigenvalue weighted by Gasteiger charge is 2.15. The van der Waals surface area contributed by atoms with Crippen LogP contribution in [-0.4, -0.2) is 23.1 Å². The summed E-state index contributed by atoms with van der Waals surface area (Å²) in [6, 6.07) is 15.0. The summed E-state index contributed by atoms with van der Waals surface area (Å²) in [5.74, 6) is -0.448. The maximum Gasteiger partial charge on any atom is 0.271 e. The Bertz CT molecular complexity index is 716. The third kappa shape index (κ3) is 4.92. The maximum absolute atomic E-state index is 12.0. The number of hydrogen-bond acceptors (Lipinski definition) is 5. The molecule has 2 aromatic carbocycles. The van der Waals surface area contributed by atoms with Crippen molar-refractivity contribution in [2.45, 2.75) is 13.0 Å². The molecule has 0 aromatic heterocycles. The summed E-state index contributed by atoms with van der Waals surface area (Å²) in [6.07, 6.45) is 0.658. The number of nitrogens with one attached hydrogen (secondary N) is 1. The van der Waals surface area contributed by atoms with Gasteiger partial charge in [0.1, 0.15) is 0 Å². The van der Waals surface area contributed by atoms with E-state index in [4.69, 9.17) is 4.84 Å². The van der Waals surface area contributed by atoms with Crippen LogP contribution in [0.5, 0.6) is 0 Å². The molecular weight excluding hydrogens is 298 g/mol. The SMILES string of the molecule is CC(O/N=C/c1ccccc1)C(=O)Nc1cccc([N+](=O)[O-])c1. The Labute approximate surface area is 132 Å². The van der Waals surface area contributed by atoms with E-state index in [1.807, 2.05) is 30.3 Å². The van der Waals surface area contributed by atoms with Crippen molar-refractivity contribution in [1.29, 1.82) is 0 Å². The first kappa shape index (κ1) is 16.2. The molecule has 0 aliphatic rings. The zero-order valence-corrected chi connectivity index (χ0v) is 12.4. The highest BCUT2D eigenvalue weighted by molar-refractivity contribution is 5.94. The number of non-ortho nitro benzene ring substituents is 1. The predicted molar refractivity (Wildman–Crippen MR) is 86.3 cm³/mol. The van der Waals surface area contributed by atoms with Crippen LogP contribution in [0.2, 0.25) is 0 Å². The van der Waals surface area contributed by atoms with Crippen molar-refractivity contribution in [3.05, 3.63) is 70.3 Å². The number of nitro groups is 1. The molecule has 0 saturated heterocycles. The lowest BCUT2D eigenvalue weighted by molar-refractivity contribution is -0.384. The molecule has 0 aliphatic heterocycles. The van der Waals surface area contributed by atoms with Gasteiger partial charge in [0.15, 0.2) is 0 Å². The van der Waals surface area contributed by atoms with E-state index in [2.05, 4.69) is 10.5 Å². The van der Waals surface area contributed by atoms with Crippen LogP contribution in [0.25, 0.3) is 0 Å². The monoisotopic (exact) mass is 313 g/mol. The molecule has 0 radical (unpaired) electrons. The lowest BCUT2D eigenvalue weighted by Crippen LogP contribution is -2.26. The molecule has 1 unspecified atom stereocenters. The number of carbonyl (C=O) groups is 1. The largest absolute Gasteiger partial charge is 0.383 e. The fourth-order valence-corrected chi connectivity index (χ4v) is 1.71. The summed E-state index contributed by atoms with van der Waals surface area (Å²) >= 11 is 0. The van der Waals surface area contributed by atoms with Gasteiger partial charge < -0.3 is 10.2 Å². The summed E-state index contributed by atoms with van der Waals surface area (Å²) in [4.78, 5) is 27.2. The standard InChI is InChI=1S/C16H15N3O4/c1-12(23-17-11-13-6-3-2-4-7-13)16(20)18-14-8-5-9-15(10-14)19(21)22/h2-12H,1H3,(H,18,20)/b17-11+. The number of anilines is 1. The number of carbonyl (C=O) groups excluding carboxylic acids is 1. The van der Waals surface area contributed by atoms with Gasteiger partial charge in [-0.2, -0.15) is 0 Å². The Morgan fingerprint density at radius 3 is 2.70 bits per heavy atom. The van der Waals surface area contributed by atoms with Crippen LogP contribution >= 0.6 is 0 Å². The first-order valence-corrected chi connectivity index (χ1v) is 6.86. The first-order chi connectivity index (χ1) is 11.1. The van der Waals surface area contributed by atoms with Crippen LogP contribution < -0.4 is 5.32 Å². The molecule has 118 valence electrons. The average Bonchev–Trinajstić information content (AvgIpc) is 2.56. The van der Waals surface area contributed by atoms with Crippen molar-refractivity contribution in [2.75, 3.05) is 5.32 Å². The Morgan fingerprint density at radius 1 is 1.26 bits per heavy atom. The van der Waals surface area contributed by atoms with E-state index < -0.39 is 16.9 Å². The smallest absolute Gasteiger partial charge is 0.271 e. The minimum Gasteiger partial charge on any atom is -0.383 e. The molecule has 7 heteroatoms. The minimum absolute atomic E-state index is 0.0986. The van der Waals surface area contributed by atoms with Crippen molar-refractivity contribution in [3.63, 3.8) is 0 Å². The van der Waals surface area contributed by atoms with E-state index in [1.54, 1.807) is 6.07 Å². The Morgan fingerprint density at radius 2 is 2.00 bits per heavy atom. The van der Waals surface area contributed by atoms with Gasteiger partial charge in [0.2, 0.25) is 6.10 Å². The van der Waals surface area contributed by atoms with Gasteiger partial charge in [-0.3, -0.25) is 14.9 Å². The third-order valence-electron chi connectivity index (χ3n) is 2.91. The van der Waals surface area contributed by atoms with Crippen LogP contribution in [0.3, 0.4) is 0 Å². The molecular formula is C16H15N3O4. The van der Waals surface area contributed by atoms with E-state index in [-0.39, 0.29) is 5.69 Å². The second-order valence-electron chi connectivity index (χ2n) is 4.69. The Kier molecular flexibility index (Phi) is 5.40. The number of rotatable bonds is 6. The molecule has 7 nitrogen and oxygen atoms in total. The lowest BCUT2D eigenvalue weighted by Gasteiger charge is -2.10. The van der Waals surface area contributed by atoms with Gasteiger partial charge in [0.05, 0.1) is 11.1 Å². The van der Waals surface area contributed by atoms with E-state index in [0.717, 1.165) is 5.56 Å². The van der Waals surface area contributed by atoms with Crippen molar-refractivity contribution in [2.24, 2.45) is 5.16 Å². The normalized spacial score (nSPS) is 11.9. The van der Waals surface area contributed by atoms with Gasteiger partial charge in [-0.05, 0) is 18.6 Å². The second-order valence-corrected chi connectivity index (χ2v) is 4.69. The summed E-state index contributed by atoms with van der Waals surface area (Å²) < 4.78 is 0. The van der Waals surface area contributed by atoms with Gasteiger partial charge in [-0.25, -0.2) is 0 Å². The van der Waals surface area contributed by atoms with Crippen LogP contribution in [0.1, 0.15) is 12.5 Å². The molecule has 0 bridgehead atoms. The highest BCUT2D eigenvalue weighted by Crippen LogP contribution is 2.17. The maximum atomic E-state index is 12.0. The van der Waals surface area contributed by atoms with E-state index in [9.17, 15) is 14.9 Å². The number of nitro benzene ring substituents is 1. The molecule has 0 heterocycles. The molecule has 0 saturated carbocycles. The Hall–Kier alpha value is -3.22. The molecule has 1 amide bonds. The number of oxime groups is 1. The lowest BCUT2D eigenvalue weighted by atomic mass is 10.2. The van der Waals surface area contributed by atoms with Crippen LogP contribution in [0.4, 0.5) is 11.4 Å². The topological polar surface area (TPSA) is 93.8 Å². The zero-order chi connectivity index (χ0) is 16.7. The molecule has 0 aliphatic carbocycles. The van der Waals surface area contributed by atoms with Crippen molar-refractivity contribution in [3.8, 4) is 0 Å². The van der Waals surface area contributed by atoms with Crippen molar-refractivity contribution >= 4 is 23.5 Å². The number of nitrogens with zero attached hydrogens (tertiary/aromatic N) is 2. The van der Waals surface area contributed by atoms with Crippen molar-refractivity contribution < 1.29 is 14.6 Å². The van der Waals surface area contributed by atoms with Crippen molar-refractivity contribution in [1.82, 2.24) is 0 Å². The minimum atomic E-state index is -0.839. The summed E-state index contributed by atoms with van der Waals surface area (Å²) in [5, 5.41) is 17.0. The van der Waals surface area contributed by atoms with Crippen LogP contribution in [0, 0.1) is 10.1 Å². The fraction of sp³-hybridized carbons (Fsp3) is 0.125. The van der Waals surface area contributed by atoms with E-state index >= 15 is 0 Å². The van der Waals surface area contributed by atoms with Crippen LogP contribution in [0.15, 0.2) is 59.8 Å². The molecule has 0 spiro atoms. The molecule has 1 atom stereocenters. The van der Waals surface area contributed by atoms with E-state index in [1.165, 1.54) is 31.3 Å². The van der Waals surface area contributed by atoms with Gasteiger partial charge in [-0.15, -0.1) is 0 Å². The molecule has 0 fully saturated rings. The highest BCUT2D eigenvalue weighted by atomic mass is 16.6. The van der Waals surface area contributed by atoms with Gasteiger partial charge in [-0.1, -0.05) is 41.6 Å². The van der Waals surface area contributed by atoms with Gasteiger partial charge in [0, 0.05) is 17.8 Å². The fourth-order valence-electron chi connectivity index (χ4n) is 1.71. The number of benzene rings is 2. The third-order valence-corrected chi connectivity index (χ3v) is 2.91. The predicted octanol–water partition coefficient (Wildman–Crippen LogP) is 2.97. The molecule has 1 N–H and O–H groups in total. The Balaban J connectivity index is 1.91. The zero-order valence-electron chi connectivity index (χ0n) is 12.4. The summed E-state index contributed by atoms with van der Waals surface area (Å²) in [7, 11) is 0. The van der Waals surface area contributed by atoms with E-state index in [0.29, 0.717) is 5.69 Å².